The van der Waals surface area contributed by atoms with E-state index >= 15 is 0 Å². The topological polar surface area (TPSA) is 118 Å². The third-order valence-electron chi connectivity index (χ3n) is 5.61. The van der Waals surface area contributed by atoms with Crippen LogP contribution in [0.5, 0.6) is 5.75 Å². The van der Waals surface area contributed by atoms with Crippen molar-refractivity contribution < 1.29 is 4.74 Å². The van der Waals surface area contributed by atoms with Crippen LogP contribution in [0.1, 0.15) is 17.2 Å². The molecule has 5 rings (SSSR count). The zero-order valence-corrected chi connectivity index (χ0v) is 19.6. The summed E-state index contributed by atoms with van der Waals surface area (Å²) in [5.74, 6) is 2.69. The summed E-state index contributed by atoms with van der Waals surface area (Å²) in [5.41, 5.74) is 6.76. The van der Waals surface area contributed by atoms with Gasteiger partial charge in [0.1, 0.15) is 28.7 Å². The molecule has 34 heavy (non-hydrogen) atoms. The molecule has 0 saturated heterocycles. The maximum atomic E-state index is 5.70. The number of fused-ring (bicyclic) bond motifs is 1. The summed E-state index contributed by atoms with van der Waals surface area (Å²) in [6.07, 6.45) is 5.29. The van der Waals surface area contributed by atoms with E-state index in [0.717, 1.165) is 45.4 Å². The molecule has 10 nitrogen and oxygen atoms in total. The maximum absolute atomic E-state index is 5.70. The van der Waals surface area contributed by atoms with Crippen LogP contribution in [0.4, 0.5) is 23.0 Å². The highest BCUT2D eigenvalue weighted by molar-refractivity contribution is 5.91. The van der Waals surface area contributed by atoms with E-state index < -0.39 is 0 Å². The Bertz CT molecular complexity index is 1500. The fraction of sp³-hybridized carbons (Fsp3) is 0.208. The highest BCUT2D eigenvalue weighted by atomic mass is 16.5. The monoisotopic (exact) mass is 455 g/mol. The number of hydrogen-bond acceptors (Lipinski definition) is 8. The van der Waals surface area contributed by atoms with Gasteiger partial charge in [0.2, 0.25) is 0 Å². The number of aromatic amines is 1. The summed E-state index contributed by atoms with van der Waals surface area (Å²) < 4.78 is 7.66. The molecule has 0 amide bonds. The molecule has 0 saturated carbocycles. The van der Waals surface area contributed by atoms with E-state index in [2.05, 4.69) is 40.5 Å². The Hall–Kier alpha value is -4.47. The minimum Gasteiger partial charge on any atom is -0.495 e. The number of rotatable bonds is 6. The summed E-state index contributed by atoms with van der Waals surface area (Å²) in [7, 11) is 3.62. The van der Waals surface area contributed by atoms with Crippen molar-refractivity contribution in [2.75, 3.05) is 17.7 Å². The first-order valence-electron chi connectivity index (χ1n) is 10.8. The van der Waals surface area contributed by atoms with Gasteiger partial charge in [0, 0.05) is 18.7 Å². The van der Waals surface area contributed by atoms with E-state index in [9.17, 15) is 0 Å². The summed E-state index contributed by atoms with van der Waals surface area (Å²) >= 11 is 0. The number of pyridine rings is 1. The summed E-state index contributed by atoms with van der Waals surface area (Å²) in [5, 5.41) is 6.72. The standard InChI is InChI=1S/C24H25N9O/c1-13-14(2)27-22(11-26-13)31-21-9-18(23-24(32-21)29-15(3)28-23)30-17-7-6-16(8-20(17)34-5)19-10-25-12-33(19)4/h6-12H,1-5H3,(H3,27,28,29,30,31,32). The van der Waals surface area contributed by atoms with Gasteiger partial charge in [-0.15, -0.1) is 0 Å². The van der Waals surface area contributed by atoms with E-state index in [4.69, 9.17) is 4.74 Å². The van der Waals surface area contributed by atoms with Gasteiger partial charge in [-0.3, -0.25) is 4.98 Å². The minimum absolute atomic E-state index is 0.590. The van der Waals surface area contributed by atoms with E-state index in [0.29, 0.717) is 23.0 Å². The molecule has 0 aliphatic carbocycles. The van der Waals surface area contributed by atoms with Gasteiger partial charge >= 0.3 is 0 Å². The largest absolute Gasteiger partial charge is 0.495 e. The number of imidazole rings is 2. The van der Waals surface area contributed by atoms with Crippen molar-refractivity contribution in [3.8, 4) is 17.0 Å². The van der Waals surface area contributed by atoms with E-state index in [-0.39, 0.29) is 0 Å². The number of H-pyrrole nitrogens is 1. The Balaban J connectivity index is 1.53. The van der Waals surface area contributed by atoms with Crippen LogP contribution in [0, 0.1) is 20.8 Å². The van der Waals surface area contributed by atoms with Crippen LogP contribution in [0.3, 0.4) is 0 Å². The molecule has 4 aromatic heterocycles. The van der Waals surface area contributed by atoms with Gasteiger partial charge in [-0.05, 0) is 32.9 Å². The molecule has 172 valence electrons. The number of methoxy groups -OCH3 is 1. The number of hydrogen-bond donors (Lipinski definition) is 3. The molecule has 0 aliphatic heterocycles. The molecule has 0 fully saturated rings. The van der Waals surface area contributed by atoms with Gasteiger partial charge in [0.15, 0.2) is 5.65 Å². The average Bonchev–Trinajstić information content (AvgIpc) is 3.41. The van der Waals surface area contributed by atoms with Crippen molar-refractivity contribution in [2.45, 2.75) is 20.8 Å². The lowest BCUT2D eigenvalue weighted by molar-refractivity contribution is 0.417. The lowest BCUT2D eigenvalue weighted by atomic mass is 10.1. The number of ether oxygens (including phenoxy) is 1. The zero-order valence-electron chi connectivity index (χ0n) is 19.6. The van der Waals surface area contributed by atoms with Crippen LogP contribution in [0.2, 0.25) is 0 Å². The van der Waals surface area contributed by atoms with Crippen LogP contribution in [-0.2, 0) is 7.05 Å². The molecular formula is C24H25N9O. The molecule has 0 radical (unpaired) electrons. The van der Waals surface area contributed by atoms with Gasteiger partial charge in [-0.25, -0.2) is 19.9 Å². The molecule has 4 heterocycles. The van der Waals surface area contributed by atoms with Crippen LogP contribution in [-0.4, -0.2) is 41.6 Å². The third-order valence-corrected chi connectivity index (χ3v) is 5.61. The zero-order chi connectivity index (χ0) is 23.8. The number of benzene rings is 1. The first-order chi connectivity index (χ1) is 16.4. The first-order valence-corrected chi connectivity index (χ1v) is 10.8. The Morgan fingerprint density at radius 1 is 0.912 bits per heavy atom. The molecule has 0 atom stereocenters. The molecule has 10 heteroatoms. The number of anilines is 4. The van der Waals surface area contributed by atoms with Crippen molar-refractivity contribution in [3.63, 3.8) is 0 Å². The Morgan fingerprint density at radius 3 is 2.50 bits per heavy atom. The number of aromatic nitrogens is 7. The maximum Gasteiger partial charge on any atom is 0.181 e. The first kappa shape index (κ1) is 21.4. The summed E-state index contributed by atoms with van der Waals surface area (Å²) in [4.78, 5) is 25.6. The van der Waals surface area contributed by atoms with E-state index in [1.807, 2.05) is 62.8 Å². The SMILES string of the molecule is COc1cc(-c2cncn2C)ccc1Nc1cc(Nc2cnc(C)c(C)n2)nc2nc(C)[nH]c12. The normalized spacial score (nSPS) is 11.1. The van der Waals surface area contributed by atoms with Crippen LogP contribution in [0.15, 0.2) is 43.0 Å². The van der Waals surface area contributed by atoms with Crippen molar-refractivity contribution in [3.05, 3.63) is 60.2 Å². The fourth-order valence-corrected chi connectivity index (χ4v) is 3.73. The predicted octanol–water partition coefficient (Wildman–Crippen LogP) is 4.57. The number of nitrogens with zero attached hydrogens (tertiary/aromatic N) is 6. The molecule has 5 aromatic rings. The second-order valence-corrected chi connectivity index (χ2v) is 8.06. The van der Waals surface area contributed by atoms with Crippen LogP contribution in [0.25, 0.3) is 22.4 Å². The fourth-order valence-electron chi connectivity index (χ4n) is 3.73. The Labute approximate surface area is 196 Å². The molecule has 0 bridgehead atoms. The molecule has 0 unspecified atom stereocenters. The van der Waals surface area contributed by atoms with Crippen molar-refractivity contribution in [1.29, 1.82) is 0 Å². The van der Waals surface area contributed by atoms with Gasteiger partial charge in [0.25, 0.3) is 0 Å². The molecular weight excluding hydrogens is 430 g/mol. The Morgan fingerprint density at radius 2 is 1.76 bits per heavy atom. The van der Waals surface area contributed by atoms with Crippen molar-refractivity contribution >= 4 is 34.2 Å². The lowest BCUT2D eigenvalue weighted by Gasteiger charge is -2.15. The molecule has 3 N–H and O–H groups in total. The highest BCUT2D eigenvalue weighted by Gasteiger charge is 2.14. The Kier molecular flexibility index (Phi) is 5.33. The number of nitrogens with one attached hydrogen (secondary N) is 3. The van der Waals surface area contributed by atoms with Crippen LogP contribution < -0.4 is 15.4 Å². The average molecular weight is 456 g/mol. The highest BCUT2D eigenvalue weighted by Crippen LogP contribution is 2.35. The molecule has 0 spiro atoms. The summed E-state index contributed by atoms with van der Waals surface area (Å²) in [6, 6.07) is 7.91. The van der Waals surface area contributed by atoms with E-state index in [1.54, 1.807) is 19.6 Å². The van der Waals surface area contributed by atoms with Gasteiger partial charge in [0.05, 0.1) is 54.3 Å². The van der Waals surface area contributed by atoms with Crippen molar-refractivity contribution in [1.82, 2.24) is 34.5 Å². The quantitative estimate of drug-likeness (QED) is 0.341. The third kappa shape index (κ3) is 4.01. The smallest absolute Gasteiger partial charge is 0.181 e. The minimum atomic E-state index is 0.590. The number of aryl methyl sites for hydroxylation is 4. The molecule has 0 aliphatic rings. The lowest BCUT2D eigenvalue weighted by Crippen LogP contribution is -2.02. The second kappa shape index (κ2) is 8.47. The van der Waals surface area contributed by atoms with Gasteiger partial charge < -0.3 is 24.9 Å². The van der Waals surface area contributed by atoms with Crippen molar-refractivity contribution in [2.24, 2.45) is 7.05 Å². The summed E-state index contributed by atoms with van der Waals surface area (Å²) in [6.45, 7) is 5.75. The second-order valence-electron chi connectivity index (χ2n) is 8.06. The van der Waals surface area contributed by atoms with Gasteiger partial charge in [-0.2, -0.15) is 0 Å². The van der Waals surface area contributed by atoms with E-state index in [1.165, 1.54) is 0 Å². The van der Waals surface area contributed by atoms with Crippen LogP contribution >= 0.6 is 0 Å². The predicted molar refractivity (Wildman–Crippen MR) is 132 cm³/mol. The van der Waals surface area contributed by atoms with Gasteiger partial charge in [-0.1, -0.05) is 6.07 Å². The molecule has 1 aromatic carbocycles.